The highest BCUT2D eigenvalue weighted by atomic mass is 15.2. The maximum atomic E-state index is 4.93. The molecule has 1 saturated heterocycles. The largest absolute Gasteiger partial charge is 0.368 e. The summed E-state index contributed by atoms with van der Waals surface area (Å²) in [6.07, 6.45) is 8.30. The zero-order valence-corrected chi connectivity index (χ0v) is 17.9. The van der Waals surface area contributed by atoms with E-state index >= 15 is 0 Å². The number of aryl methyl sites for hydroxylation is 1. The second-order valence-electron chi connectivity index (χ2n) is 8.74. The molecule has 0 radical (unpaired) electrons. The SMILES string of the molecule is CCc1nc2c(n1CC1CC1)-c1nc(Nc3ccc(N4CCNCC4)cn3)ncc1C2. The number of anilines is 3. The van der Waals surface area contributed by atoms with Crippen LogP contribution in [0.3, 0.4) is 0 Å². The van der Waals surface area contributed by atoms with Crippen LogP contribution in [0.1, 0.15) is 36.8 Å². The second-order valence-corrected chi connectivity index (χ2v) is 8.74. The summed E-state index contributed by atoms with van der Waals surface area (Å²) in [6, 6.07) is 4.12. The van der Waals surface area contributed by atoms with Crippen LogP contribution in [0.5, 0.6) is 0 Å². The number of hydrogen-bond acceptors (Lipinski definition) is 7. The van der Waals surface area contributed by atoms with Gasteiger partial charge in [0.15, 0.2) is 0 Å². The molecule has 0 unspecified atom stereocenters. The van der Waals surface area contributed by atoms with Crippen molar-refractivity contribution in [1.29, 1.82) is 0 Å². The van der Waals surface area contributed by atoms with Gasteiger partial charge in [-0.15, -0.1) is 0 Å². The van der Waals surface area contributed by atoms with Gasteiger partial charge in [-0.2, -0.15) is 0 Å². The topological polar surface area (TPSA) is 83.8 Å². The van der Waals surface area contributed by atoms with Crippen molar-refractivity contribution in [2.24, 2.45) is 5.92 Å². The van der Waals surface area contributed by atoms with Crippen LogP contribution in [0, 0.1) is 5.92 Å². The first kappa shape index (κ1) is 18.7. The smallest absolute Gasteiger partial charge is 0.228 e. The van der Waals surface area contributed by atoms with E-state index in [1.54, 1.807) is 0 Å². The van der Waals surface area contributed by atoms with Crippen molar-refractivity contribution in [3.8, 4) is 11.4 Å². The van der Waals surface area contributed by atoms with Gasteiger partial charge in [0.1, 0.15) is 11.6 Å². The number of nitrogens with zero attached hydrogens (tertiary/aromatic N) is 6. The Labute approximate surface area is 182 Å². The van der Waals surface area contributed by atoms with Crippen LogP contribution in [-0.4, -0.2) is 50.7 Å². The molecule has 3 aliphatic rings. The Hall–Kier alpha value is -3.00. The molecule has 160 valence electrons. The molecule has 4 heterocycles. The van der Waals surface area contributed by atoms with Crippen LogP contribution in [0.25, 0.3) is 11.4 Å². The Morgan fingerprint density at radius 1 is 1.10 bits per heavy atom. The van der Waals surface area contributed by atoms with Crippen molar-refractivity contribution in [3.05, 3.63) is 41.6 Å². The van der Waals surface area contributed by atoms with E-state index in [2.05, 4.69) is 43.1 Å². The van der Waals surface area contributed by atoms with E-state index in [0.717, 1.165) is 79.9 Å². The van der Waals surface area contributed by atoms with Gasteiger partial charge in [-0.25, -0.2) is 19.9 Å². The summed E-state index contributed by atoms with van der Waals surface area (Å²) in [4.78, 5) is 21.3. The number of piperazine rings is 1. The molecule has 0 amide bonds. The quantitative estimate of drug-likeness (QED) is 0.500. The summed E-state index contributed by atoms with van der Waals surface area (Å²) in [7, 11) is 0. The van der Waals surface area contributed by atoms with Crippen LogP contribution >= 0.6 is 0 Å². The van der Waals surface area contributed by atoms with Gasteiger partial charge in [0.05, 0.1) is 29.0 Å². The molecule has 1 saturated carbocycles. The first-order chi connectivity index (χ1) is 15.3. The molecule has 3 aromatic rings. The first-order valence-corrected chi connectivity index (χ1v) is 11.4. The number of aromatic nitrogens is 5. The van der Waals surface area contributed by atoms with E-state index in [4.69, 9.17) is 9.97 Å². The highest BCUT2D eigenvalue weighted by Crippen LogP contribution is 2.39. The molecule has 3 aromatic heterocycles. The third-order valence-corrected chi connectivity index (χ3v) is 6.49. The second kappa shape index (κ2) is 7.60. The zero-order valence-electron chi connectivity index (χ0n) is 17.9. The molecule has 8 nitrogen and oxygen atoms in total. The molecule has 0 atom stereocenters. The summed E-state index contributed by atoms with van der Waals surface area (Å²) in [5.41, 5.74) is 5.70. The van der Waals surface area contributed by atoms with Crippen molar-refractivity contribution in [2.45, 2.75) is 39.2 Å². The lowest BCUT2D eigenvalue weighted by Gasteiger charge is -2.29. The van der Waals surface area contributed by atoms with Gasteiger partial charge in [-0.05, 0) is 30.9 Å². The van der Waals surface area contributed by atoms with Gasteiger partial charge in [0.2, 0.25) is 5.95 Å². The molecule has 0 aromatic carbocycles. The summed E-state index contributed by atoms with van der Waals surface area (Å²) in [5.74, 6) is 3.33. The number of nitrogens with one attached hydrogen (secondary N) is 2. The highest BCUT2D eigenvalue weighted by Gasteiger charge is 2.31. The predicted octanol–water partition coefficient (Wildman–Crippen LogP) is 2.76. The van der Waals surface area contributed by atoms with E-state index in [0.29, 0.717) is 5.95 Å². The lowest BCUT2D eigenvalue weighted by molar-refractivity contribution is 0.589. The third kappa shape index (κ3) is 3.54. The minimum absolute atomic E-state index is 0.589. The number of imidazole rings is 1. The predicted molar refractivity (Wildman–Crippen MR) is 121 cm³/mol. The Balaban J connectivity index is 1.25. The zero-order chi connectivity index (χ0) is 20.8. The molecule has 31 heavy (non-hydrogen) atoms. The van der Waals surface area contributed by atoms with Crippen LogP contribution in [0.2, 0.25) is 0 Å². The Morgan fingerprint density at radius 2 is 1.97 bits per heavy atom. The van der Waals surface area contributed by atoms with Gasteiger partial charge in [-0.3, -0.25) is 0 Å². The fraction of sp³-hybridized carbons (Fsp3) is 0.478. The molecule has 8 heteroatoms. The molecule has 0 bridgehead atoms. The monoisotopic (exact) mass is 416 g/mol. The number of pyridine rings is 1. The van der Waals surface area contributed by atoms with Gasteiger partial charge in [0.25, 0.3) is 0 Å². The fourth-order valence-electron chi connectivity index (χ4n) is 4.63. The Morgan fingerprint density at radius 3 is 2.71 bits per heavy atom. The standard InChI is InChI=1S/C23H28N8/c1-2-20-27-18-11-16-12-26-23(29-21(16)22(18)31(20)14-15-3-4-15)28-19-6-5-17(13-25-19)30-9-7-24-8-10-30/h5-6,12-13,15,24H,2-4,7-11,14H2,1H3,(H,25,26,28,29). The first-order valence-electron chi connectivity index (χ1n) is 11.4. The lowest BCUT2D eigenvalue weighted by atomic mass is 10.2. The van der Waals surface area contributed by atoms with Crippen LogP contribution in [-0.2, 0) is 19.4 Å². The van der Waals surface area contributed by atoms with E-state index in [1.807, 2.05) is 18.5 Å². The lowest BCUT2D eigenvalue weighted by Crippen LogP contribution is -2.43. The minimum Gasteiger partial charge on any atom is -0.368 e. The molecule has 2 N–H and O–H groups in total. The molecule has 0 spiro atoms. The maximum absolute atomic E-state index is 4.93. The number of hydrogen-bond donors (Lipinski definition) is 2. The Kier molecular flexibility index (Phi) is 4.60. The van der Waals surface area contributed by atoms with Crippen LogP contribution in [0.15, 0.2) is 24.5 Å². The maximum Gasteiger partial charge on any atom is 0.228 e. The normalized spacial score (nSPS) is 17.5. The summed E-state index contributed by atoms with van der Waals surface area (Å²) in [6.45, 7) is 7.30. The average Bonchev–Trinajstić information content (AvgIpc) is 3.47. The van der Waals surface area contributed by atoms with E-state index in [9.17, 15) is 0 Å². The van der Waals surface area contributed by atoms with Crippen molar-refractivity contribution in [2.75, 3.05) is 36.4 Å². The van der Waals surface area contributed by atoms with Crippen molar-refractivity contribution in [1.82, 2.24) is 29.8 Å². The number of fused-ring (bicyclic) bond motifs is 3. The van der Waals surface area contributed by atoms with Gasteiger partial charge in [0, 0.05) is 57.3 Å². The molecular weight excluding hydrogens is 388 g/mol. The summed E-state index contributed by atoms with van der Waals surface area (Å²) < 4.78 is 2.41. The summed E-state index contributed by atoms with van der Waals surface area (Å²) >= 11 is 0. The van der Waals surface area contributed by atoms with E-state index < -0.39 is 0 Å². The summed E-state index contributed by atoms with van der Waals surface area (Å²) in [5, 5.41) is 6.68. The molecule has 6 rings (SSSR count). The van der Waals surface area contributed by atoms with Crippen molar-refractivity contribution < 1.29 is 0 Å². The van der Waals surface area contributed by atoms with Crippen molar-refractivity contribution >= 4 is 17.5 Å². The Bertz CT molecular complexity index is 1090. The fourth-order valence-corrected chi connectivity index (χ4v) is 4.63. The van der Waals surface area contributed by atoms with E-state index in [-0.39, 0.29) is 0 Å². The van der Waals surface area contributed by atoms with E-state index in [1.165, 1.54) is 24.4 Å². The van der Waals surface area contributed by atoms with Crippen LogP contribution < -0.4 is 15.5 Å². The molecular formula is C23H28N8. The minimum atomic E-state index is 0.589. The molecule has 2 aliphatic carbocycles. The number of rotatable bonds is 6. The van der Waals surface area contributed by atoms with Gasteiger partial charge >= 0.3 is 0 Å². The van der Waals surface area contributed by atoms with Crippen LogP contribution in [0.4, 0.5) is 17.5 Å². The molecule has 1 aliphatic heterocycles. The molecule has 2 fully saturated rings. The highest BCUT2D eigenvalue weighted by molar-refractivity contribution is 5.71. The third-order valence-electron chi connectivity index (χ3n) is 6.49. The average molecular weight is 417 g/mol. The van der Waals surface area contributed by atoms with Gasteiger partial charge in [-0.1, -0.05) is 6.92 Å². The van der Waals surface area contributed by atoms with Gasteiger partial charge < -0.3 is 20.1 Å². The van der Waals surface area contributed by atoms with Crippen molar-refractivity contribution in [3.63, 3.8) is 0 Å².